The van der Waals surface area contributed by atoms with Gasteiger partial charge < -0.3 is 10.1 Å². The van der Waals surface area contributed by atoms with Crippen molar-refractivity contribution >= 4 is 0 Å². The highest BCUT2D eigenvalue weighted by molar-refractivity contribution is 5.20. The normalized spacial score (nSPS) is 12.1. The summed E-state index contributed by atoms with van der Waals surface area (Å²) in [5.41, 5.74) is 2.54. The predicted octanol–water partition coefficient (Wildman–Crippen LogP) is 3.76. The Labute approximate surface area is 127 Å². The largest absolute Gasteiger partial charge is 0.478 e. The van der Waals surface area contributed by atoms with E-state index in [4.69, 9.17) is 4.74 Å². The zero-order valence-electron chi connectivity index (χ0n) is 12.9. The molecule has 1 heterocycles. The summed E-state index contributed by atoms with van der Waals surface area (Å²) in [7, 11) is 0. The van der Waals surface area contributed by atoms with Crippen LogP contribution in [0.2, 0.25) is 0 Å². The summed E-state index contributed by atoms with van der Waals surface area (Å²) >= 11 is 0. The topological polar surface area (TPSA) is 34.1 Å². The molecule has 2 rings (SSSR count). The fraction of sp³-hybridized carbons (Fsp3) is 0.389. The first-order valence-electron chi connectivity index (χ1n) is 7.65. The number of rotatable bonds is 8. The van der Waals surface area contributed by atoms with E-state index in [9.17, 15) is 0 Å². The van der Waals surface area contributed by atoms with E-state index >= 15 is 0 Å². The van der Waals surface area contributed by atoms with Crippen LogP contribution in [0.5, 0.6) is 5.88 Å². The third-order valence-electron chi connectivity index (χ3n) is 3.47. The van der Waals surface area contributed by atoms with Crippen LogP contribution < -0.4 is 10.1 Å². The molecular weight excluding hydrogens is 260 g/mol. The molecule has 1 atom stereocenters. The van der Waals surface area contributed by atoms with Crippen LogP contribution in [0.15, 0.2) is 48.7 Å². The number of ether oxygens (including phenoxy) is 1. The van der Waals surface area contributed by atoms with Crippen molar-refractivity contribution in [3.05, 3.63) is 59.8 Å². The zero-order chi connectivity index (χ0) is 14.9. The Bertz CT molecular complexity index is 511. The van der Waals surface area contributed by atoms with Gasteiger partial charge in [0.1, 0.15) is 0 Å². The lowest BCUT2D eigenvalue weighted by atomic mass is 10.1. The van der Waals surface area contributed by atoms with Crippen molar-refractivity contribution in [1.82, 2.24) is 10.3 Å². The average molecular weight is 284 g/mol. The van der Waals surface area contributed by atoms with Gasteiger partial charge in [-0.15, -0.1) is 0 Å². The first kappa shape index (κ1) is 15.5. The molecule has 0 fully saturated rings. The number of benzene rings is 1. The van der Waals surface area contributed by atoms with Gasteiger partial charge in [-0.1, -0.05) is 43.3 Å². The second-order valence-electron chi connectivity index (χ2n) is 5.15. The molecule has 112 valence electrons. The summed E-state index contributed by atoms with van der Waals surface area (Å²) in [6, 6.07) is 14.8. The molecule has 3 heteroatoms. The van der Waals surface area contributed by atoms with Crippen LogP contribution in [0.25, 0.3) is 0 Å². The van der Waals surface area contributed by atoms with Crippen LogP contribution in [0.4, 0.5) is 0 Å². The molecule has 0 aliphatic rings. The molecule has 3 nitrogen and oxygen atoms in total. The third kappa shape index (κ3) is 5.20. The summed E-state index contributed by atoms with van der Waals surface area (Å²) in [6.45, 7) is 5.90. The van der Waals surface area contributed by atoms with Crippen LogP contribution in [-0.2, 0) is 6.42 Å². The van der Waals surface area contributed by atoms with Crippen molar-refractivity contribution in [2.45, 2.75) is 32.7 Å². The van der Waals surface area contributed by atoms with E-state index in [-0.39, 0.29) is 0 Å². The standard InChI is InChI=1S/C18H24N2O/c1-3-19-15(2)17-11-12-18(20-14-17)21-13-7-10-16-8-5-4-6-9-16/h4-6,8-9,11-12,14-15,19H,3,7,10,13H2,1-2H3. The van der Waals surface area contributed by atoms with Gasteiger partial charge >= 0.3 is 0 Å². The molecular formula is C18H24N2O. The van der Waals surface area contributed by atoms with Gasteiger partial charge in [-0.3, -0.25) is 0 Å². The molecule has 1 N–H and O–H groups in total. The number of nitrogens with zero attached hydrogens (tertiary/aromatic N) is 1. The summed E-state index contributed by atoms with van der Waals surface area (Å²) < 4.78 is 5.69. The Balaban J connectivity index is 1.73. The Hall–Kier alpha value is -1.87. The molecule has 0 aliphatic heterocycles. The molecule has 0 bridgehead atoms. The maximum atomic E-state index is 5.69. The van der Waals surface area contributed by atoms with Crippen molar-refractivity contribution in [2.75, 3.05) is 13.2 Å². The van der Waals surface area contributed by atoms with Crippen LogP contribution in [0.3, 0.4) is 0 Å². The maximum absolute atomic E-state index is 5.69. The quantitative estimate of drug-likeness (QED) is 0.749. The first-order valence-corrected chi connectivity index (χ1v) is 7.65. The van der Waals surface area contributed by atoms with Gasteiger partial charge in [-0.2, -0.15) is 0 Å². The Morgan fingerprint density at radius 3 is 2.62 bits per heavy atom. The lowest BCUT2D eigenvalue weighted by Gasteiger charge is -2.12. The molecule has 1 unspecified atom stereocenters. The van der Waals surface area contributed by atoms with Crippen molar-refractivity contribution in [2.24, 2.45) is 0 Å². The van der Waals surface area contributed by atoms with E-state index in [0.717, 1.165) is 19.4 Å². The van der Waals surface area contributed by atoms with E-state index < -0.39 is 0 Å². The summed E-state index contributed by atoms with van der Waals surface area (Å²) in [5.74, 6) is 0.704. The molecule has 1 aromatic carbocycles. The molecule has 0 saturated heterocycles. The predicted molar refractivity (Wildman–Crippen MR) is 86.6 cm³/mol. The minimum atomic E-state index is 0.328. The number of aromatic nitrogens is 1. The van der Waals surface area contributed by atoms with Gasteiger partial charge in [0.25, 0.3) is 0 Å². The Kier molecular flexibility index (Phi) is 6.22. The minimum absolute atomic E-state index is 0.328. The van der Waals surface area contributed by atoms with Crippen LogP contribution in [0, 0.1) is 0 Å². The molecule has 1 aromatic heterocycles. The van der Waals surface area contributed by atoms with Crippen LogP contribution in [-0.4, -0.2) is 18.1 Å². The SMILES string of the molecule is CCNC(C)c1ccc(OCCCc2ccccc2)nc1. The number of aryl methyl sites for hydroxylation is 1. The van der Waals surface area contributed by atoms with Gasteiger partial charge in [-0.05, 0) is 37.4 Å². The average Bonchev–Trinajstić information content (AvgIpc) is 2.53. The molecule has 2 aromatic rings. The Morgan fingerprint density at radius 2 is 1.95 bits per heavy atom. The summed E-state index contributed by atoms with van der Waals surface area (Å²) in [6.07, 6.45) is 3.93. The third-order valence-corrected chi connectivity index (χ3v) is 3.47. The monoisotopic (exact) mass is 284 g/mol. The highest BCUT2D eigenvalue weighted by atomic mass is 16.5. The molecule has 0 amide bonds. The number of nitrogens with one attached hydrogen (secondary N) is 1. The van der Waals surface area contributed by atoms with Crippen LogP contribution >= 0.6 is 0 Å². The molecule has 21 heavy (non-hydrogen) atoms. The number of pyridine rings is 1. The fourth-order valence-electron chi connectivity index (χ4n) is 2.26. The van der Waals surface area contributed by atoms with Crippen molar-refractivity contribution in [3.8, 4) is 5.88 Å². The first-order chi connectivity index (χ1) is 10.3. The van der Waals surface area contributed by atoms with E-state index in [2.05, 4.69) is 54.5 Å². The van der Waals surface area contributed by atoms with Crippen LogP contribution in [0.1, 0.15) is 37.4 Å². The number of hydrogen-bond donors (Lipinski definition) is 1. The van der Waals surface area contributed by atoms with E-state index in [1.807, 2.05) is 18.3 Å². The molecule has 0 saturated carbocycles. The minimum Gasteiger partial charge on any atom is -0.478 e. The van der Waals surface area contributed by atoms with Crippen molar-refractivity contribution in [3.63, 3.8) is 0 Å². The van der Waals surface area contributed by atoms with Gasteiger partial charge in [0.05, 0.1) is 6.61 Å². The Morgan fingerprint density at radius 1 is 1.14 bits per heavy atom. The van der Waals surface area contributed by atoms with Gasteiger partial charge in [0, 0.05) is 18.3 Å². The highest BCUT2D eigenvalue weighted by Gasteiger charge is 2.04. The molecule has 0 radical (unpaired) electrons. The maximum Gasteiger partial charge on any atom is 0.213 e. The van der Waals surface area contributed by atoms with E-state index in [0.29, 0.717) is 18.5 Å². The lowest BCUT2D eigenvalue weighted by molar-refractivity contribution is 0.299. The summed E-state index contributed by atoms with van der Waals surface area (Å²) in [4.78, 5) is 4.36. The van der Waals surface area contributed by atoms with E-state index in [1.54, 1.807) is 0 Å². The van der Waals surface area contributed by atoms with E-state index in [1.165, 1.54) is 11.1 Å². The van der Waals surface area contributed by atoms with Gasteiger partial charge in [0.15, 0.2) is 0 Å². The van der Waals surface area contributed by atoms with Crippen molar-refractivity contribution < 1.29 is 4.74 Å². The lowest BCUT2D eigenvalue weighted by Crippen LogP contribution is -2.17. The fourth-order valence-corrected chi connectivity index (χ4v) is 2.26. The smallest absolute Gasteiger partial charge is 0.213 e. The second kappa shape index (κ2) is 8.42. The van der Waals surface area contributed by atoms with Crippen molar-refractivity contribution in [1.29, 1.82) is 0 Å². The molecule has 0 spiro atoms. The van der Waals surface area contributed by atoms with Gasteiger partial charge in [-0.25, -0.2) is 4.98 Å². The molecule has 0 aliphatic carbocycles. The highest BCUT2D eigenvalue weighted by Crippen LogP contribution is 2.14. The summed E-state index contributed by atoms with van der Waals surface area (Å²) in [5, 5.41) is 3.37. The van der Waals surface area contributed by atoms with Gasteiger partial charge in [0.2, 0.25) is 5.88 Å². The second-order valence-corrected chi connectivity index (χ2v) is 5.15. The number of hydrogen-bond acceptors (Lipinski definition) is 3. The zero-order valence-corrected chi connectivity index (χ0v) is 12.9.